The van der Waals surface area contributed by atoms with Gasteiger partial charge in [0.1, 0.15) is 0 Å². The summed E-state index contributed by atoms with van der Waals surface area (Å²) in [7, 11) is 1.86. The van der Waals surface area contributed by atoms with Crippen molar-refractivity contribution in [3.05, 3.63) is 23.0 Å². The van der Waals surface area contributed by atoms with Crippen LogP contribution in [-0.2, 0) is 0 Å². The first-order valence-electron chi connectivity index (χ1n) is 3.37. The van der Waals surface area contributed by atoms with E-state index in [1.54, 1.807) is 0 Å². The molecule has 0 unspecified atom stereocenters. The van der Waals surface area contributed by atoms with Gasteiger partial charge in [-0.25, -0.2) is 0 Å². The highest BCUT2D eigenvalue weighted by Crippen LogP contribution is 2.05. The Kier molecular flexibility index (Phi) is 3.62. The van der Waals surface area contributed by atoms with Gasteiger partial charge in [0, 0.05) is 20.4 Å². The van der Waals surface area contributed by atoms with Crippen molar-refractivity contribution < 1.29 is 1.43 Å². The lowest BCUT2D eigenvalue weighted by Gasteiger charge is -2.03. The van der Waals surface area contributed by atoms with Crippen molar-refractivity contribution in [2.75, 3.05) is 7.05 Å². The highest BCUT2D eigenvalue weighted by molar-refractivity contribution is 5.28. The summed E-state index contributed by atoms with van der Waals surface area (Å²) in [6, 6.07) is 0. The number of allylic oxidation sites excluding steroid dienone is 2. The Bertz CT molecular complexity index is 167. The van der Waals surface area contributed by atoms with E-state index in [9.17, 15) is 0 Å². The van der Waals surface area contributed by atoms with Crippen LogP contribution in [0.4, 0.5) is 0 Å². The standard InChI is InChI=1S/C8H16N2.H2/c1-6(2)8(9)7(3)5-10-4;/h5,10H,9H2,1-4H3;1H/b7-5-;. The Balaban J connectivity index is 0. The van der Waals surface area contributed by atoms with Crippen molar-refractivity contribution in [3.8, 4) is 0 Å². The van der Waals surface area contributed by atoms with Gasteiger partial charge < -0.3 is 11.1 Å². The molecule has 60 valence electrons. The molecule has 0 aliphatic heterocycles. The third-order valence-corrected chi connectivity index (χ3v) is 1.32. The summed E-state index contributed by atoms with van der Waals surface area (Å²) in [5.41, 5.74) is 8.83. The second-order valence-electron chi connectivity index (χ2n) is 2.53. The molecule has 0 aromatic rings. The van der Waals surface area contributed by atoms with Crippen LogP contribution in [-0.4, -0.2) is 7.05 Å². The van der Waals surface area contributed by atoms with Gasteiger partial charge in [-0.3, -0.25) is 0 Å². The summed E-state index contributed by atoms with van der Waals surface area (Å²) >= 11 is 0. The topological polar surface area (TPSA) is 38.0 Å². The van der Waals surface area contributed by atoms with Crippen LogP contribution in [0, 0.1) is 0 Å². The van der Waals surface area contributed by atoms with E-state index in [2.05, 4.69) is 5.32 Å². The smallest absolute Gasteiger partial charge is 0.0344 e. The molecule has 0 radical (unpaired) electrons. The van der Waals surface area contributed by atoms with Crippen LogP contribution >= 0.6 is 0 Å². The van der Waals surface area contributed by atoms with Gasteiger partial charge in [-0.05, 0) is 26.3 Å². The molecular weight excluding hydrogens is 124 g/mol. The summed E-state index contributed by atoms with van der Waals surface area (Å²) in [6.45, 7) is 5.99. The maximum absolute atomic E-state index is 5.72. The zero-order chi connectivity index (χ0) is 8.15. The van der Waals surface area contributed by atoms with E-state index in [0.717, 1.165) is 16.8 Å². The van der Waals surface area contributed by atoms with Crippen LogP contribution in [0.1, 0.15) is 22.2 Å². The first-order chi connectivity index (χ1) is 4.59. The molecule has 0 aromatic heterocycles. The second-order valence-corrected chi connectivity index (χ2v) is 2.53. The van der Waals surface area contributed by atoms with Crippen molar-refractivity contribution in [1.82, 2.24) is 5.32 Å². The van der Waals surface area contributed by atoms with Crippen molar-refractivity contribution in [1.29, 1.82) is 0 Å². The number of nitrogens with two attached hydrogens (primary N) is 1. The van der Waals surface area contributed by atoms with Gasteiger partial charge >= 0.3 is 0 Å². The third-order valence-electron chi connectivity index (χ3n) is 1.32. The second kappa shape index (κ2) is 3.99. The number of hydrogen-bond donors (Lipinski definition) is 2. The highest BCUT2D eigenvalue weighted by atomic mass is 14.8. The molecule has 0 spiro atoms. The maximum atomic E-state index is 5.72. The van der Waals surface area contributed by atoms with Crippen molar-refractivity contribution in [3.63, 3.8) is 0 Å². The quantitative estimate of drug-likeness (QED) is 0.575. The molecule has 0 saturated heterocycles. The minimum atomic E-state index is 0. The Morgan fingerprint density at radius 3 is 2.20 bits per heavy atom. The lowest BCUT2D eigenvalue weighted by atomic mass is 10.1. The first-order valence-corrected chi connectivity index (χ1v) is 3.37. The van der Waals surface area contributed by atoms with Crippen LogP contribution in [0.25, 0.3) is 0 Å². The summed E-state index contributed by atoms with van der Waals surface area (Å²) in [6.07, 6.45) is 1.89. The monoisotopic (exact) mass is 142 g/mol. The lowest BCUT2D eigenvalue weighted by molar-refractivity contribution is 1.06. The van der Waals surface area contributed by atoms with Crippen LogP contribution in [0.15, 0.2) is 23.0 Å². The van der Waals surface area contributed by atoms with E-state index < -0.39 is 0 Å². The Hall–Kier alpha value is -0.920. The summed E-state index contributed by atoms with van der Waals surface area (Å²) in [5.74, 6) is 0. The van der Waals surface area contributed by atoms with E-state index in [0.29, 0.717) is 0 Å². The molecule has 2 heteroatoms. The molecule has 0 aromatic carbocycles. The van der Waals surface area contributed by atoms with Gasteiger partial charge in [-0.15, -0.1) is 0 Å². The fourth-order valence-corrected chi connectivity index (χ4v) is 0.689. The van der Waals surface area contributed by atoms with Crippen molar-refractivity contribution in [2.24, 2.45) is 5.73 Å². The van der Waals surface area contributed by atoms with Gasteiger partial charge in [0.25, 0.3) is 0 Å². The minimum Gasteiger partial charge on any atom is -0.399 e. The minimum absolute atomic E-state index is 0. The van der Waals surface area contributed by atoms with E-state index in [1.165, 1.54) is 0 Å². The van der Waals surface area contributed by atoms with Crippen LogP contribution in [0.2, 0.25) is 0 Å². The lowest BCUT2D eigenvalue weighted by Crippen LogP contribution is -2.04. The Morgan fingerprint density at radius 1 is 1.40 bits per heavy atom. The first kappa shape index (κ1) is 9.08. The van der Waals surface area contributed by atoms with E-state index in [1.807, 2.05) is 34.0 Å². The van der Waals surface area contributed by atoms with Crippen LogP contribution in [0.3, 0.4) is 0 Å². The average Bonchev–Trinajstić information content (AvgIpc) is 1.87. The molecule has 0 saturated carbocycles. The van der Waals surface area contributed by atoms with E-state index in [-0.39, 0.29) is 1.43 Å². The van der Waals surface area contributed by atoms with Gasteiger partial charge in [0.2, 0.25) is 0 Å². The predicted octanol–water partition coefficient (Wildman–Crippen LogP) is 1.61. The largest absolute Gasteiger partial charge is 0.399 e. The molecule has 3 N–H and O–H groups in total. The van der Waals surface area contributed by atoms with E-state index in [4.69, 9.17) is 5.73 Å². The molecule has 0 rings (SSSR count). The zero-order valence-corrected chi connectivity index (χ0v) is 7.15. The highest BCUT2D eigenvalue weighted by Gasteiger charge is 1.93. The van der Waals surface area contributed by atoms with Crippen LogP contribution in [0.5, 0.6) is 0 Å². The summed E-state index contributed by atoms with van der Waals surface area (Å²) in [4.78, 5) is 0. The molecule has 0 aliphatic rings. The molecule has 0 atom stereocenters. The van der Waals surface area contributed by atoms with Crippen molar-refractivity contribution in [2.45, 2.75) is 20.8 Å². The van der Waals surface area contributed by atoms with E-state index >= 15 is 0 Å². The van der Waals surface area contributed by atoms with Gasteiger partial charge in [-0.1, -0.05) is 5.57 Å². The predicted molar refractivity (Wildman–Crippen MR) is 47.5 cm³/mol. The molecule has 0 amide bonds. The molecular formula is C8H18N2. The molecule has 0 bridgehead atoms. The van der Waals surface area contributed by atoms with Gasteiger partial charge in [-0.2, -0.15) is 0 Å². The number of hydrogen-bond acceptors (Lipinski definition) is 2. The van der Waals surface area contributed by atoms with Gasteiger partial charge in [0.05, 0.1) is 0 Å². The third kappa shape index (κ3) is 2.58. The molecule has 0 heterocycles. The zero-order valence-electron chi connectivity index (χ0n) is 7.15. The fraction of sp³-hybridized carbons (Fsp3) is 0.500. The van der Waals surface area contributed by atoms with Crippen LogP contribution < -0.4 is 11.1 Å². The van der Waals surface area contributed by atoms with Gasteiger partial charge in [0.15, 0.2) is 0 Å². The fourth-order valence-electron chi connectivity index (χ4n) is 0.689. The SMILES string of the molecule is CN/C=C(/C)C(N)=C(C)C.[HH]. The Labute approximate surface area is 64.3 Å². The number of nitrogens with one attached hydrogen (secondary N) is 1. The number of rotatable bonds is 2. The normalized spacial score (nSPS) is 11.0. The average molecular weight is 142 g/mol. The Morgan fingerprint density at radius 2 is 1.90 bits per heavy atom. The molecule has 2 nitrogen and oxygen atoms in total. The molecule has 0 fully saturated rings. The maximum Gasteiger partial charge on any atom is 0.0344 e. The summed E-state index contributed by atoms with van der Waals surface area (Å²) in [5, 5.41) is 2.93. The van der Waals surface area contributed by atoms with Crippen molar-refractivity contribution >= 4 is 0 Å². The molecule has 0 aliphatic carbocycles. The summed E-state index contributed by atoms with van der Waals surface area (Å²) < 4.78 is 0. The molecule has 10 heavy (non-hydrogen) atoms.